The Morgan fingerprint density at radius 2 is 1.82 bits per heavy atom. The maximum atomic E-state index is 13.3. The van der Waals surface area contributed by atoms with E-state index in [2.05, 4.69) is 10.2 Å². The molecule has 0 bridgehead atoms. The van der Waals surface area contributed by atoms with Crippen LogP contribution in [0.2, 0.25) is 5.02 Å². The number of rotatable bonds is 7. The van der Waals surface area contributed by atoms with E-state index < -0.39 is 0 Å². The van der Waals surface area contributed by atoms with Crippen molar-refractivity contribution in [1.82, 2.24) is 10.2 Å². The topological polar surface area (TPSA) is 41.6 Å². The number of halogens is 2. The zero-order chi connectivity index (χ0) is 19.9. The number of hydrogen-bond donors (Lipinski definition) is 1. The SMILES string of the molecule is C[C@H](Sc1ccc(Cl)cc1)C(=O)NC[C@H](c1ccc(F)cc1)N1CCOCC1. The molecule has 0 saturated carbocycles. The third-order valence-electron chi connectivity index (χ3n) is 4.71. The van der Waals surface area contributed by atoms with Crippen molar-refractivity contribution in [3.05, 3.63) is 64.9 Å². The molecule has 150 valence electrons. The lowest BCUT2D eigenvalue weighted by Crippen LogP contribution is -2.44. The lowest BCUT2D eigenvalue weighted by molar-refractivity contribution is -0.120. The molecule has 2 atom stereocenters. The summed E-state index contributed by atoms with van der Waals surface area (Å²) in [6.07, 6.45) is 0. The highest BCUT2D eigenvalue weighted by molar-refractivity contribution is 8.00. The molecule has 7 heteroatoms. The van der Waals surface area contributed by atoms with E-state index in [0.29, 0.717) is 24.8 Å². The van der Waals surface area contributed by atoms with E-state index in [1.54, 1.807) is 12.1 Å². The van der Waals surface area contributed by atoms with Crippen LogP contribution < -0.4 is 5.32 Å². The van der Waals surface area contributed by atoms with E-state index in [4.69, 9.17) is 16.3 Å². The number of nitrogens with zero attached hydrogens (tertiary/aromatic N) is 1. The van der Waals surface area contributed by atoms with E-state index in [1.165, 1.54) is 23.9 Å². The summed E-state index contributed by atoms with van der Waals surface area (Å²) < 4.78 is 18.8. The van der Waals surface area contributed by atoms with Crippen molar-refractivity contribution in [1.29, 1.82) is 0 Å². The molecule has 2 aromatic carbocycles. The molecule has 0 aromatic heterocycles. The number of hydrogen-bond acceptors (Lipinski definition) is 4. The summed E-state index contributed by atoms with van der Waals surface area (Å²) >= 11 is 7.40. The van der Waals surface area contributed by atoms with Gasteiger partial charge >= 0.3 is 0 Å². The summed E-state index contributed by atoms with van der Waals surface area (Å²) in [5.74, 6) is -0.290. The molecule has 1 aliphatic rings. The Balaban J connectivity index is 1.62. The monoisotopic (exact) mass is 422 g/mol. The average molecular weight is 423 g/mol. The van der Waals surface area contributed by atoms with Gasteiger partial charge in [0.05, 0.1) is 24.5 Å². The van der Waals surface area contributed by atoms with Gasteiger partial charge < -0.3 is 10.1 Å². The summed E-state index contributed by atoms with van der Waals surface area (Å²) in [6.45, 7) is 5.25. The molecule has 3 rings (SSSR count). The first-order valence-corrected chi connectivity index (χ1v) is 10.6. The van der Waals surface area contributed by atoms with Gasteiger partial charge in [-0.15, -0.1) is 11.8 Å². The Hall–Kier alpha value is -1.60. The minimum Gasteiger partial charge on any atom is -0.379 e. The standard InChI is InChI=1S/C21H24ClFN2O2S/c1-15(28-19-8-4-17(22)5-9-19)21(26)24-14-20(25-10-12-27-13-11-25)16-2-6-18(23)7-3-16/h2-9,15,20H,10-14H2,1H3,(H,24,26)/t15-,20+/m0/s1. The van der Waals surface area contributed by atoms with Crippen LogP contribution in [0.4, 0.5) is 4.39 Å². The Bertz CT molecular complexity index is 767. The second-order valence-corrected chi connectivity index (χ2v) is 8.53. The molecule has 1 saturated heterocycles. The number of amides is 1. The van der Waals surface area contributed by atoms with E-state index >= 15 is 0 Å². The summed E-state index contributed by atoms with van der Waals surface area (Å²) in [5, 5.41) is 3.50. The van der Waals surface area contributed by atoms with Gasteiger partial charge in [0.1, 0.15) is 5.82 Å². The number of carbonyl (C=O) groups is 1. The minimum absolute atomic E-state index is 0.0128. The van der Waals surface area contributed by atoms with Gasteiger partial charge in [0, 0.05) is 29.6 Å². The van der Waals surface area contributed by atoms with Crippen LogP contribution in [0, 0.1) is 5.82 Å². The van der Waals surface area contributed by atoms with Crippen molar-refractivity contribution in [2.45, 2.75) is 23.1 Å². The van der Waals surface area contributed by atoms with Crippen LogP contribution in [0.15, 0.2) is 53.4 Å². The van der Waals surface area contributed by atoms with Gasteiger partial charge in [0.2, 0.25) is 5.91 Å². The summed E-state index contributed by atoms with van der Waals surface area (Å²) in [5.41, 5.74) is 0.988. The van der Waals surface area contributed by atoms with Crippen LogP contribution in [0.5, 0.6) is 0 Å². The predicted octanol–water partition coefficient (Wildman–Crippen LogP) is 4.15. The third-order valence-corrected chi connectivity index (χ3v) is 6.07. The molecule has 0 radical (unpaired) electrons. The molecule has 1 amide bonds. The molecule has 0 spiro atoms. The Morgan fingerprint density at radius 3 is 2.46 bits per heavy atom. The quantitative estimate of drug-likeness (QED) is 0.680. The Morgan fingerprint density at radius 1 is 1.18 bits per heavy atom. The Kier molecular flexibility index (Phi) is 7.73. The maximum Gasteiger partial charge on any atom is 0.233 e. The number of carbonyl (C=O) groups excluding carboxylic acids is 1. The molecule has 1 N–H and O–H groups in total. The molecule has 28 heavy (non-hydrogen) atoms. The third kappa shape index (κ3) is 5.95. The summed E-state index contributed by atoms with van der Waals surface area (Å²) in [4.78, 5) is 15.9. The summed E-state index contributed by atoms with van der Waals surface area (Å²) in [7, 11) is 0. The van der Waals surface area contributed by atoms with Gasteiger partial charge in [0.25, 0.3) is 0 Å². The second kappa shape index (κ2) is 10.3. The zero-order valence-corrected chi connectivity index (χ0v) is 17.3. The molecule has 2 aromatic rings. The average Bonchev–Trinajstić information content (AvgIpc) is 2.71. The van der Waals surface area contributed by atoms with E-state index in [9.17, 15) is 9.18 Å². The fourth-order valence-corrected chi connectivity index (χ4v) is 4.16. The van der Waals surface area contributed by atoms with Crippen LogP contribution in [-0.4, -0.2) is 48.9 Å². The lowest BCUT2D eigenvalue weighted by Gasteiger charge is -2.35. The van der Waals surface area contributed by atoms with Crippen LogP contribution in [0.25, 0.3) is 0 Å². The van der Waals surface area contributed by atoms with Crippen molar-refractivity contribution in [3.8, 4) is 0 Å². The van der Waals surface area contributed by atoms with Crippen molar-refractivity contribution in [2.24, 2.45) is 0 Å². The van der Waals surface area contributed by atoms with Gasteiger partial charge in [-0.25, -0.2) is 4.39 Å². The number of morpholine rings is 1. The molecule has 0 unspecified atom stereocenters. The molecular weight excluding hydrogens is 399 g/mol. The fourth-order valence-electron chi connectivity index (χ4n) is 3.14. The van der Waals surface area contributed by atoms with Gasteiger partial charge in [0.15, 0.2) is 0 Å². The van der Waals surface area contributed by atoms with Crippen molar-refractivity contribution >= 4 is 29.3 Å². The molecule has 1 fully saturated rings. The van der Waals surface area contributed by atoms with Crippen LogP contribution in [0.3, 0.4) is 0 Å². The highest BCUT2D eigenvalue weighted by Gasteiger charge is 2.24. The van der Waals surface area contributed by atoms with E-state index in [0.717, 1.165) is 23.5 Å². The van der Waals surface area contributed by atoms with Crippen LogP contribution in [-0.2, 0) is 9.53 Å². The van der Waals surface area contributed by atoms with Gasteiger partial charge in [-0.3, -0.25) is 9.69 Å². The van der Waals surface area contributed by atoms with Gasteiger partial charge in [-0.2, -0.15) is 0 Å². The maximum absolute atomic E-state index is 13.3. The molecule has 4 nitrogen and oxygen atoms in total. The van der Waals surface area contributed by atoms with Gasteiger partial charge in [-0.1, -0.05) is 23.7 Å². The number of thioether (sulfide) groups is 1. The number of ether oxygens (including phenoxy) is 1. The molecule has 1 aliphatic heterocycles. The predicted molar refractivity (Wildman–Crippen MR) is 111 cm³/mol. The normalized spacial score (nSPS) is 17.1. The highest BCUT2D eigenvalue weighted by atomic mass is 35.5. The second-order valence-electron chi connectivity index (χ2n) is 6.67. The highest BCUT2D eigenvalue weighted by Crippen LogP contribution is 2.26. The van der Waals surface area contributed by atoms with Crippen LogP contribution >= 0.6 is 23.4 Å². The minimum atomic E-state index is -0.263. The first-order chi connectivity index (χ1) is 13.5. The zero-order valence-electron chi connectivity index (χ0n) is 15.7. The number of benzene rings is 2. The van der Waals surface area contributed by atoms with Crippen molar-refractivity contribution in [3.63, 3.8) is 0 Å². The first kappa shape index (κ1) is 21.1. The lowest BCUT2D eigenvalue weighted by atomic mass is 10.0. The van der Waals surface area contributed by atoms with E-state index in [-0.39, 0.29) is 23.0 Å². The molecular formula is C21H24ClFN2O2S. The Labute approximate surface area is 174 Å². The first-order valence-electron chi connectivity index (χ1n) is 9.30. The van der Waals surface area contributed by atoms with Crippen molar-refractivity contribution in [2.75, 3.05) is 32.8 Å². The fraction of sp³-hybridized carbons (Fsp3) is 0.381. The number of nitrogens with one attached hydrogen (secondary N) is 1. The smallest absolute Gasteiger partial charge is 0.233 e. The molecule has 0 aliphatic carbocycles. The van der Waals surface area contributed by atoms with E-state index in [1.807, 2.05) is 31.2 Å². The summed E-state index contributed by atoms with van der Waals surface area (Å²) in [6, 6.07) is 13.9. The van der Waals surface area contributed by atoms with Gasteiger partial charge in [-0.05, 0) is 48.9 Å². The van der Waals surface area contributed by atoms with Crippen molar-refractivity contribution < 1.29 is 13.9 Å². The largest absolute Gasteiger partial charge is 0.379 e. The molecule has 1 heterocycles. The van der Waals surface area contributed by atoms with Crippen LogP contribution in [0.1, 0.15) is 18.5 Å².